The van der Waals surface area contributed by atoms with E-state index in [9.17, 15) is 24.0 Å². The number of fused-ring (bicyclic) bond motifs is 1. The molecule has 0 radical (unpaired) electrons. The molecule has 3 N–H and O–H groups in total. The lowest BCUT2D eigenvalue weighted by Crippen LogP contribution is -2.71. The molecule has 0 spiro atoms. The van der Waals surface area contributed by atoms with Gasteiger partial charge in [-0.05, 0) is 19.4 Å². The van der Waals surface area contributed by atoms with Gasteiger partial charge in [0.1, 0.15) is 17.5 Å². The van der Waals surface area contributed by atoms with Gasteiger partial charge in [-0.2, -0.15) is 0 Å². The van der Waals surface area contributed by atoms with Crippen LogP contribution in [0.5, 0.6) is 0 Å². The lowest BCUT2D eigenvalue weighted by molar-refractivity contribution is -0.161. The molecule has 0 aliphatic carbocycles. The number of carboxylic acid groups (broad SMARTS) is 1. The Labute approximate surface area is 142 Å². The van der Waals surface area contributed by atoms with Crippen molar-refractivity contribution in [2.75, 3.05) is 0 Å². The highest BCUT2D eigenvalue weighted by atomic mass is 32.2. The molecule has 7 nitrogen and oxygen atoms in total. The van der Waals surface area contributed by atoms with E-state index in [1.807, 2.05) is 30.3 Å². The Balaban J connectivity index is 1.72. The van der Waals surface area contributed by atoms with E-state index >= 15 is 0 Å². The van der Waals surface area contributed by atoms with Crippen molar-refractivity contribution >= 4 is 29.0 Å². The van der Waals surface area contributed by atoms with Gasteiger partial charge in [0.2, 0.25) is 11.8 Å². The second-order valence-electron chi connectivity index (χ2n) is 6.61. The number of nitrogens with zero attached hydrogens (tertiary/aromatic N) is 1. The van der Waals surface area contributed by atoms with Crippen LogP contribution in [0.3, 0.4) is 0 Å². The maximum atomic E-state index is 12.3. The van der Waals surface area contributed by atoms with E-state index in [-0.39, 0.29) is 12.3 Å². The van der Waals surface area contributed by atoms with Gasteiger partial charge >= 0.3 is 5.97 Å². The molecule has 24 heavy (non-hydrogen) atoms. The first-order valence-corrected chi connectivity index (χ1v) is 8.98. The second-order valence-corrected chi connectivity index (χ2v) is 8.98. The van der Waals surface area contributed by atoms with Crippen molar-refractivity contribution in [1.82, 2.24) is 10.2 Å². The molecule has 1 unspecified atom stereocenters. The summed E-state index contributed by atoms with van der Waals surface area (Å²) in [7, 11) is 0. The van der Waals surface area contributed by atoms with Gasteiger partial charge in [0.15, 0.2) is 0 Å². The molecule has 2 fully saturated rings. The van der Waals surface area contributed by atoms with Crippen molar-refractivity contribution in [1.29, 1.82) is 0 Å². The van der Waals surface area contributed by atoms with Crippen molar-refractivity contribution in [3.05, 3.63) is 35.9 Å². The molecule has 3 rings (SSSR count). The highest BCUT2D eigenvalue weighted by Crippen LogP contribution is 2.58. The quantitative estimate of drug-likeness (QED) is 0.469. The van der Waals surface area contributed by atoms with Crippen molar-refractivity contribution in [2.45, 2.75) is 42.5 Å². The molecule has 2 aliphatic heterocycles. The van der Waals surface area contributed by atoms with E-state index in [4.69, 9.17) is 0 Å². The van der Waals surface area contributed by atoms with Crippen LogP contribution in [-0.4, -0.2) is 54.5 Å². The number of carbonyl (C=O) groups excluding carboxylic acids is 2. The minimum Gasteiger partial charge on any atom is -0.480 e. The van der Waals surface area contributed by atoms with Gasteiger partial charge < -0.3 is 19.9 Å². The lowest BCUT2D eigenvalue weighted by Gasteiger charge is -2.45. The zero-order chi connectivity index (χ0) is 17.6. The number of carbonyl (C=O) groups is 3. The Kier molecular flexibility index (Phi) is 4.05. The summed E-state index contributed by atoms with van der Waals surface area (Å²) in [5, 5.41) is 11.4. The number of aliphatic carboxylic acids is 1. The first-order chi connectivity index (χ1) is 11.2. The van der Waals surface area contributed by atoms with Crippen LogP contribution in [-0.2, 0) is 20.8 Å². The number of amides is 2. The van der Waals surface area contributed by atoms with Crippen molar-refractivity contribution in [3.8, 4) is 0 Å². The minimum absolute atomic E-state index is 0.131. The van der Waals surface area contributed by atoms with Crippen LogP contribution < -0.4 is 5.32 Å². The van der Waals surface area contributed by atoms with Crippen molar-refractivity contribution < 1.29 is 24.0 Å². The highest BCUT2D eigenvalue weighted by Gasteiger charge is 2.67. The van der Waals surface area contributed by atoms with Gasteiger partial charge in [-0.15, -0.1) is 11.2 Å². The van der Waals surface area contributed by atoms with E-state index in [0.29, 0.717) is 0 Å². The van der Waals surface area contributed by atoms with E-state index in [0.717, 1.165) is 5.56 Å². The SMILES string of the molecule is CC1(C)[C@H](C(=O)O)N2C(=O)[C@@H](NC(=O)Cc3ccccc3)[C@H]2[SH]1O. The number of rotatable bonds is 4. The molecule has 2 saturated heterocycles. The number of β-lactam (4-membered cyclic amide) rings is 1. The zero-order valence-corrected chi connectivity index (χ0v) is 14.2. The summed E-state index contributed by atoms with van der Waals surface area (Å²) >= 11 is -1.74. The summed E-state index contributed by atoms with van der Waals surface area (Å²) in [6.07, 6.45) is 0.131. The molecule has 4 atom stereocenters. The van der Waals surface area contributed by atoms with Crippen molar-refractivity contribution in [3.63, 3.8) is 0 Å². The van der Waals surface area contributed by atoms with Crippen LogP contribution >= 0.6 is 11.2 Å². The van der Waals surface area contributed by atoms with Crippen LogP contribution in [0.4, 0.5) is 0 Å². The third kappa shape index (κ3) is 2.46. The maximum Gasteiger partial charge on any atom is 0.327 e. The third-order valence-electron chi connectivity index (χ3n) is 4.65. The summed E-state index contributed by atoms with van der Waals surface area (Å²) in [5.41, 5.74) is 0.819. The zero-order valence-electron chi connectivity index (χ0n) is 13.3. The highest BCUT2D eigenvalue weighted by molar-refractivity contribution is 8.14. The molecular weight excluding hydrogens is 332 g/mol. The maximum absolute atomic E-state index is 12.3. The fourth-order valence-corrected chi connectivity index (χ4v) is 5.54. The number of hydrogen-bond acceptors (Lipinski definition) is 4. The Morgan fingerprint density at radius 3 is 2.50 bits per heavy atom. The first kappa shape index (κ1) is 16.8. The predicted octanol–water partition coefficient (Wildman–Crippen LogP) is 0.602. The Morgan fingerprint density at radius 1 is 1.29 bits per heavy atom. The van der Waals surface area contributed by atoms with Gasteiger partial charge in [0.25, 0.3) is 0 Å². The van der Waals surface area contributed by atoms with Gasteiger partial charge in [-0.3, -0.25) is 9.59 Å². The number of benzene rings is 1. The van der Waals surface area contributed by atoms with Gasteiger partial charge in [-0.25, -0.2) is 4.79 Å². The molecule has 1 aromatic rings. The van der Waals surface area contributed by atoms with E-state index < -0.39 is 45.3 Å². The molecule has 1 aromatic carbocycles. The monoisotopic (exact) mass is 352 g/mol. The third-order valence-corrected chi connectivity index (χ3v) is 7.12. The topological polar surface area (TPSA) is 107 Å². The van der Waals surface area contributed by atoms with Crippen LogP contribution in [0.25, 0.3) is 0 Å². The first-order valence-electron chi connectivity index (χ1n) is 7.61. The van der Waals surface area contributed by atoms with E-state index in [2.05, 4.69) is 5.32 Å². The normalized spacial score (nSPS) is 32.0. The van der Waals surface area contributed by atoms with E-state index in [1.165, 1.54) is 4.90 Å². The van der Waals surface area contributed by atoms with Crippen LogP contribution in [0.2, 0.25) is 0 Å². The Hall–Kier alpha value is -2.06. The van der Waals surface area contributed by atoms with Crippen molar-refractivity contribution in [2.24, 2.45) is 0 Å². The number of carboxylic acids is 1. The molecule has 130 valence electrons. The van der Waals surface area contributed by atoms with Gasteiger partial charge in [0.05, 0.1) is 6.42 Å². The molecule has 0 bridgehead atoms. The molecule has 2 amide bonds. The molecule has 2 aliphatic rings. The summed E-state index contributed by atoms with van der Waals surface area (Å²) in [6, 6.07) is 7.21. The molecule has 0 aromatic heterocycles. The number of thiol groups is 1. The van der Waals surface area contributed by atoms with E-state index in [1.54, 1.807) is 13.8 Å². The van der Waals surface area contributed by atoms with Crippen LogP contribution in [0.1, 0.15) is 19.4 Å². The minimum atomic E-state index is -1.74. The fourth-order valence-electron chi connectivity index (χ4n) is 3.41. The summed E-state index contributed by atoms with van der Waals surface area (Å²) in [6.45, 7) is 3.29. The summed E-state index contributed by atoms with van der Waals surface area (Å²) in [5.74, 6) is -1.90. The Morgan fingerprint density at radius 2 is 1.92 bits per heavy atom. The van der Waals surface area contributed by atoms with Gasteiger partial charge in [-0.1, -0.05) is 30.3 Å². The summed E-state index contributed by atoms with van der Waals surface area (Å²) < 4.78 is 9.60. The lowest BCUT2D eigenvalue weighted by atomic mass is 9.96. The van der Waals surface area contributed by atoms with Crippen LogP contribution in [0, 0.1) is 0 Å². The average molecular weight is 352 g/mol. The fraction of sp³-hybridized carbons (Fsp3) is 0.438. The smallest absolute Gasteiger partial charge is 0.327 e. The predicted molar refractivity (Wildman–Crippen MR) is 89.8 cm³/mol. The Bertz CT molecular complexity index is 693. The molecule has 8 heteroatoms. The molecular formula is C16H20N2O5S. The molecule has 2 heterocycles. The largest absolute Gasteiger partial charge is 0.480 e. The summed E-state index contributed by atoms with van der Waals surface area (Å²) in [4.78, 5) is 37.2. The number of nitrogens with one attached hydrogen (secondary N) is 1. The van der Waals surface area contributed by atoms with Crippen LogP contribution in [0.15, 0.2) is 30.3 Å². The van der Waals surface area contributed by atoms with Gasteiger partial charge in [0, 0.05) is 4.75 Å². The number of hydrogen-bond donors (Lipinski definition) is 4. The second kappa shape index (κ2) is 5.78. The average Bonchev–Trinajstić information content (AvgIpc) is 2.71. The molecule has 0 saturated carbocycles. The standard InChI is InChI=1S/C16H20N2O5S/c1-16(2)12(15(21)22)18-13(20)11(14(18)24(16)23)17-10(19)8-9-6-4-3-5-7-9/h3-7,11-12,14,23-24H,8H2,1-2H3,(H,17,19)(H,21,22)/t11-,12+,14-/m1/s1.